The predicted molar refractivity (Wildman–Crippen MR) is 156 cm³/mol. The fraction of sp³-hybridized carbons (Fsp3) is 0.265. The van der Waals surface area contributed by atoms with Crippen molar-refractivity contribution in [1.82, 2.24) is 0 Å². The molecule has 5 heteroatoms. The van der Waals surface area contributed by atoms with Crippen LogP contribution in [-0.2, 0) is 23.2 Å². The molecule has 0 atom stereocenters. The molecule has 0 unspecified atom stereocenters. The Balaban J connectivity index is 0.000000270. The Morgan fingerprint density at radius 1 is 0.795 bits per heavy atom. The number of rotatable bonds is 7. The second kappa shape index (κ2) is 16.0. The van der Waals surface area contributed by atoms with Gasteiger partial charge in [0.2, 0.25) is 0 Å². The minimum absolute atomic E-state index is 0.153. The molecule has 0 aliphatic heterocycles. The summed E-state index contributed by atoms with van der Waals surface area (Å²) < 4.78 is 23.2. The minimum atomic E-state index is -0.774. The van der Waals surface area contributed by atoms with Crippen molar-refractivity contribution in [3.05, 3.63) is 131 Å². The van der Waals surface area contributed by atoms with Crippen LogP contribution in [0.5, 0.6) is 11.5 Å². The van der Waals surface area contributed by atoms with Gasteiger partial charge in [-0.15, -0.1) is 0 Å². The lowest BCUT2D eigenvalue weighted by Crippen LogP contribution is -2.10. The van der Waals surface area contributed by atoms with Gasteiger partial charge in [0.1, 0.15) is 23.9 Å². The van der Waals surface area contributed by atoms with Crippen molar-refractivity contribution in [2.75, 3.05) is 7.11 Å². The number of carbonyl (C=O) groups is 1. The van der Waals surface area contributed by atoms with E-state index < -0.39 is 5.97 Å². The number of ether oxygens (including phenoxy) is 2. The third-order valence-corrected chi connectivity index (χ3v) is 5.81. The molecule has 0 amide bonds. The van der Waals surface area contributed by atoms with E-state index in [0.717, 1.165) is 16.9 Å². The highest BCUT2D eigenvalue weighted by molar-refractivity contribution is 5.67. The quantitative estimate of drug-likeness (QED) is 0.261. The molecule has 0 heterocycles. The van der Waals surface area contributed by atoms with Gasteiger partial charge in [-0.2, -0.15) is 0 Å². The summed E-state index contributed by atoms with van der Waals surface area (Å²) in [5.41, 5.74) is 4.22. The van der Waals surface area contributed by atoms with Crippen molar-refractivity contribution in [1.29, 1.82) is 0 Å². The van der Waals surface area contributed by atoms with Crippen LogP contribution in [0, 0.1) is 12.7 Å². The third-order valence-electron chi connectivity index (χ3n) is 5.81. The molecule has 4 rings (SSSR count). The molecule has 39 heavy (non-hydrogen) atoms. The number of methoxy groups -OCH3 is 1. The SMILES string of the molecule is CC(C)(C)c1ccc(COc2ccc(CCC(=O)O)cc2)cc1.COc1ccc(F)c(C)c1.c1ccccc1. The molecule has 0 aliphatic carbocycles. The molecule has 0 bridgehead atoms. The summed E-state index contributed by atoms with van der Waals surface area (Å²) >= 11 is 0. The molecular weight excluding hydrogens is 491 g/mol. The molecule has 0 saturated heterocycles. The largest absolute Gasteiger partial charge is 0.497 e. The zero-order valence-corrected chi connectivity index (χ0v) is 23.5. The number of carboxylic acids is 1. The summed E-state index contributed by atoms with van der Waals surface area (Å²) in [5, 5.41) is 8.68. The van der Waals surface area contributed by atoms with Gasteiger partial charge in [-0.25, -0.2) is 4.39 Å². The van der Waals surface area contributed by atoms with Gasteiger partial charge in [0.05, 0.1) is 7.11 Å². The van der Waals surface area contributed by atoms with E-state index in [1.165, 1.54) is 11.6 Å². The molecule has 0 fully saturated rings. The fourth-order valence-electron chi connectivity index (χ4n) is 3.40. The van der Waals surface area contributed by atoms with Crippen LogP contribution in [0.15, 0.2) is 103 Å². The van der Waals surface area contributed by atoms with E-state index in [4.69, 9.17) is 14.6 Å². The van der Waals surface area contributed by atoms with Crippen LogP contribution in [0.3, 0.4) is 0 Å². The lowest BCUT2D eigenvalue weighted by atomic mass is 9.87. The van der Waals surface area contributed by atoms with E-state index in [9.17, 15) is 9.18 Å². The van der Waals surface area contributed by atoms with Crippen LogP contribution >= 0.6 is 0 Å². The van der Waals surface area contributed by atoms with Gasteiger partial charge in [0, 0.05) is 6.42 Å². The first-order valence-corrected chi connectivity index (χ1v) is 12.9. The minimum Gasteiger partial charge on any atom is -0.497 e. The topological polar surface area (TPSA) is 55.8 Å². The van der Waals surface area contributed by atoms with E-state index in [1.807, 2.05) is 60.7 Å². The van der Waals surface area contributed by atoms with Crippen LogP contribution < -0.4 is 9.47 Å². The fourth-order valence-corrected chi connectivity index (χ4v) is 3.40. The van der Waals surface area contributed by atoms with Crippen molar-refractivity contribution in [3.8, 4) is 11.5 Å². The zero-order valence-electron chi connectivity index (χ0n) is 23.5. The Bertz CT molecular complexity index is 1220. The van der Waals surface area contributed by atoms with Crippen LogP contribution in [-0.4, -0.2) is 18.2 Å². The van der Waals surface area contributed by atoms with Gasteiger partial charge in [-0.1, -0.05) is 93.6 Å². The average molecular weight is 531 g/mol. The molecule has 0 spiro atoms. The average Bonchev–Trinajstić information content (AvgIpc) is 2.94. The Kier molecular flexibility index (Phi) is 12.7. The van der Waals surface area contributed by atoms with Gasteiger partial charge >= 0.3 is 5.97 Å². The standard InChI is InChI=1S/C20H24O3.C8H9FO.C6H6/c1-20(2,3)17-9-4-16(5-10-17)14-23-18-11-6-15(7-12-18)8-13-19(21)22;1-6-5-7(10-2)3-4-8(6)9;1-2-4-6-5-3-1/h4-7,9-12H,8,13-14H2,1-3H3,(H,21,22);3-5H,1-2H3;1-6H. The van der Waals surface area contributed by atoms with Crippen molar-refractivity contribution >= 4 is 5.97 Å². The lowest BCUT2D eigenvalue weighted by molar-refractivity contribution is -0.136. The van der Waals surface area contributed by atoms with Gasteiger partial charge < -0.3 is 14.6 Å². The monoisotopic (exact) mass is 530 g/mol. The highest BCUT2D eigenvalue weighted by atomic mass is 19.1. The highest BCUT2D eigenvalue weighted by Gasteiger charge is 2.12. The Morgan fingerprint density at radius 3 is 1.77 bits per heavy atom. The summed E-state index contributed by atoms with van der Waals surface area (Å²) in [5.74, 6) is 0.521. The van der Waals surface area contributed by atoms with E-state index in [2.05, 4.69) is 45.0 Å². The second-order valence-electron chi connectivity index (χ2n) is 10.0. The molecule has 0 aliphatic rings. The molecule has 0 saturated carbocycles. The van der Waals surface area contributed by atoms with E-state index in [0.29, 0.717) is 24.3 Å². The summed E-state index contributed by atoms with van der Waals surface area (Å²) in [6, 6.07) is 32.8. The lowest BCUT2D eigenvalue weighted by Gasteiger charge is -2.19. The number of benzene rings is 4. The number of halogens is 1. The molecule has 0 aromatic heterocycles. The van der Waals surface area contributed by atoms with Gasteiger partial charge in [-0.3, -0.25) is 4.79 Å². The normalized spacial score (nSPS) is 10.3. The smallest absolute Gasteiger partial charge is 0.303 e. The summed E-state index contributed by atoms with van der Waals surface area (Å²) in [6.07, 6.45) is 0.699. The van der Waals surface area contributed by atoms with Gasteiger partial charge in [-0.05, 0) is 71.3 Å². The molecule has 4 aromatic rings. The Morgan fingerprint density at radius 2 is 1.31 bits per heavy atom. The van der Waals surface area contributed by atoms with Gasteiger partial charge in [0.25, 0.3) is 0 Å². The summed E-state index contributed by atoms with van der Waals surface area (Å²) in [6.45, 7) is 8.83. The van der Waals surface area contributed by atoms with Crippen LogP contribution in [0.1, 0.15) is 49.4 Å². The maximum Gasteiger partial charge on any atom is 0.303 e. The predicted octanol–water partition coefficient (Wildman–Crippen LogP) is 8.41. The maximum atomic E-state index is 12.6. The van der Waals surface area contributed by atoms with Crippen LogP contribution in [0.25, 0.3) is 0 Å². The first-order valence-electron chi connectivity index (χ1n) is 12.9. The number of hydrogen-bond acceptors (Lipinski definition) is 3. The van der Waals surface area contributed by atoms with E-state index >= 15 is 0 Å². The summed E-state index contributed by atoms with van der Waals surface area (Å²) in [4.78, 5) is 10.6. The first-order chi connectivity index (χ1) is 18.6. The number of hydrogen-bond donors (Lipinski definition) is 1. The number of carboxylic acid groups (broad SMARTS) is 1. The second-order valence-corrected chi connectivity index (χ2v) is 10.0. The molecule has 0 radical (unpaired) electrons. The maximum absolute atomic E-state index is 12.6. The zero-order chi connectivity index (χ0) is 28.7. The molecule has 1 N–H and O–H groups in total. The van der Waals surface area contributed by atoms with E-state index in [-0.39, 0.29) is 17.7 Å². The molecular formula is C34H39FO4. The van der Waals surface area contributed by atoms with E-state index in [1.54, 1.807) is 26.2 Å². The van der Waals surface area contributed by atoms with Gasteiger partial charge in [0.15, 0.2) is 0 Å². The molecule has 4 nitrogen and oxygen atoms in total. The van der Waals surface area contributed by atoms with Crippen molar-refractivity contribution in [2.24, 2.45) is 0 Å². The summed E-state index contributed by atoms with van der Waals surface area (Å²) in [7, 11) is 1.56. The van der Waals surface area contributed by atoms with Crippen molar-refractivity contribution in [2.45, 2.75) is 52.6 Å². The van der Waals surface area contributed by atoms with Crippen molar-refractivity contribution in [3.63, 3.8) is 0 Å². The number of aryl methyl sites for hydroxylation is 2. The van der Waals surface area contributed by atoms with Crippen LogP contribution in [0.4, 0.5) is 4.39 Å². The molecule has 4 aromatic carbocycles. The van der Waals surface area contributed by atoms with Crippen LogP contribution in [0.2, 0.25) is 0 Å². The number of aliphatic carboxylic acids is 1. The molecule has 206 valence electrons. The highest BCUT2D eigenvalue weighted by Crippen LogP contribution is 2.23. The first kappa shape index (κ1) is 31.1. The Hall–Kier alpha value is -4.12. The third kappa shape index (κ3) is 12.3. The van der Waals surface area contributed by atoms with Crippen molar-refractivity contribution < 1.29 is 23.8 Å². The Labute approximate surface area is 232 Å².